The predicted octanol–water partition coefficient (Wildman–Crippen LogP) is 1.06. The lowest BCUT2D eigenvalue weighted by atomic mass is 10.1. The van der Waals surface area contributed by atoms with E-state index in [1.807, 2.05) is 30.5 Å². The van der Waals surface area contributed by atoms with Crippen LogP contribution in [0.1, 0.15) is 5.56 Å². The number of aromatic nitrogens is 1. The standard InChI is InChI=1S/C11H13NO2/c13-7-9(14)5-8-6-12-11-4-2-1-3-10(8)11/h1-4,6,9,12-14H,5,7H2/t9-/m0/s1. The number of aromatic amines is 1. The molecule has 0 aliphatic carbocycles. The molecule has 0 fully saturated rings. The maximum Gasteiger partial charge on any atom is 0.0811 e. The second-order valence-corrected chi connectivity index (χ2v) is 3.40. The van der Waals surface area contributed by atoms with Gasteiger partial charge in [0.05, 0.1) is 12.7 Å². The van der Waals surface area contributed by atoms with E-state index in [1.54, 1.807) is 0 Å². The van der Waals surface area contributed by atoms with Crippen molar-refractivity contribution in [2.24, 2.45) is 0 Å². The molecule has 0 bridgehead atoms. The average Bonchev–Trinajstić information content (AvgIpc) is 2.62. The Kier molecular flexibility index (Phi) is 2.52. The van der Waals surface area contributed by atoms with Gasteiger partial charge in [-0.25, -0.2) is 0 Å². The van der Waals surface area contributed by atoms with Gasteiger partial charge in [-0.05, 0) is 11.6 Å². The van der Waals surface area contributed by atoms with Crippen LogP contribution in [-0.4, -0.2) is 27.9 Å². The summed E-state index contributed by atoms with van der Waals surface area (Å²) in [5.74, 6) is 0. The van der Waals surface area contributed by atoms with Crippen LogP contribution in [0.15, 0.2) is 30.5 Å². The lowest BCUT2D eigenvalue weighted by molar-refractivity contribution is 0.0957. The topological polar surface area (TPSA) is 56.2 Å². The Balaban J connectivity index is 2.33. The van der Waals surface area contributed by atoms with Crippen molar-refractivity contribution in [2.45, 2.75) is 12.5 Å². The van der Waals surface area contributed by atoms with Crippen molar-refractivity contribution >= 4 is 10.9 Å². The molecule has 0 unspecified atom stereocenters. The van der Waals surface area contributed by atoms with Crippen LogP contribution in [0.5, 0.6) is 0 Å². The summed E-state index contributed by atoms with van der Waals surface area (Å²) in [6.45, 7) is -0.195. The molecule has 0 saturated heterocycles. The number of para-hydroxylation sites is 1. The Morgan fingerprint density at radius 2 is 2.07 bits per heavy atom. The number of nitrogens with one attached hydrogen (secondary N) is 1. The lowest BCUT2D eigenvalue weighted by Crippen LogP contribution is -2.14. The molecular formula is C11H13NO2. The molecule has 0 aliphatic rings. The van der Waals surface area contributed by atoms with Crippen molar-refractivity contribution in [3.8, 4) is 0 Å². The fraction of sp³-hybridized carbons (Fsp3) is 0.273. The first-order valence-corrected chi connectivity index (χ1v) is 4.65. The van der Waals surface area contributed by atoms with E-state index < -0.39 is 6.10 Å². The van der Waals surface area contributed by atoms with Gasteiger partial charge in [-0.2, -0.15) is 0 Å². The van der Waals surface area contributed by atoms with Gasteiger partial charge in [0.25, 0.3) is 0 Å². The van der Waals surface area contributed by atoms with Gasteiger partial charge in [0.15, 0.2) is 0 Å². The minimum absolute atomic E-state index is 0.195. The summed E-state index contributed by atoms with van der Waals surface area (Å²) in [5.41, 5.74) is 2.11. The van der Waals surface area contributed by atoms with Crippen LogP contribution in [-0.2, 0) is 6.42 Å². The zero-order chi connectivity index (χ0) is 9.97. The van der Waals surface area contributed by atoms with E-state index in [0.29, 0.717) is 6.42 Å². The highest BCUT2D eigenvalue weighted by molar-refractivity contribution is 5.83. The van der Waals surface area contributed by atoms with Gasteiger partial charge in [0.2, 0.25) is 0 Å². The smallest absolute Gasteiger partial charge is 0.0811 e. The Hall–Kier alpha value is -1.32. The maximum atomic E-state index is 9.33. The van der Waals surface area contributed by atoms with Crippen molar-refractivity contribution in [2.75, 3.05) is 6.61 Å². The normalized spacial score (nSPS) is 13.3. The number of aliphatic hydroxyl groups excluding tert-OH is 2. The Labute approximate surface area is 82.0 Å². The third-order valence-electron chi connectivity index (χ3n) is 2.34. The SMILES string of the molecule is OC[C@@H](O)Cc1c[nH]c2ccccc12. The van der Waals surface area contributed by atoms with Crippen LogP contribution in [0.4, 0.5) is 0 Å². The summed E-state index contributed by atoms with van der Waals surface area (Å²) in [4.78, 5) is 3.12. The van der Waals surface area contributed by atoms with Crippen molar-refractivity contribution in [3.05, 3.63) is 36.0 Å². The zero-order valence-corrected chi connectivity index (χ0v) is 7.77. The molecule has 0 radical (unpaired) electrons. The number of rotatable bonds is 3. The molecule has 2 aromatic rings. The average molecular weight is 191 g/mol. The summed E-state index contributed by atoms with van der Waals surface area (Å²) in [6, 6.07) is 7.92. The maximum absolute atomic E-state index is 9.33. The summed E-state index contributed by atoms with van der Waals surface area (Å²) in [7, 11) is 0. The molecule has 14 heavy (non-hydrogen) atoms. The number of benzene rings is 1. The second kappa shape index (κ2) is 3.82. The van der Waals surface area contributed by atoms with Crippen LogP contribution in [0.25, 0.3) is 10.9 Å². The first-order valence-electron chi connectivity index (χ1n) is 4.65. The number of H-pyrrole nitrogens is 1. The fourth-order valence-electron chi connectivity index (χ4n) is 1.62. The molecule has 0 saturated carbocycles. The number of aliphatic hydroxyl groups is 2. The molecule has 1 heterocycles. The Bertz CT molecular complexity index is 422. The largest absolute Gasteiger partial charge is 0.394 e. The summed E-state index contributed by atoms with van der Waals surface area (Å²) < 4.78 is 0. The molecule has 0 aliphatic heterocycles. The van der Waals surface area contributed by atoms with Gasteiger partial charge >= 0.3 is 0 Å². The molecule has 74 valence electrons. The van der Waals surface area contributed by atoms with E-state index in [9.17, 15) is 5.11 Å². The molecule has 3 N–H and O–H groups in total. The molecule has 2 rings (SSSR count). The first-order chi connectivity index (χ1) is 6.81. The number of fused-ring (bicyclic) bond motifs is 1. The molecule has 0 spiro atoms. The van der Waals surface area contributed by atoms with Crippen molar-refractivity contribution < 1.29 is 10.2 Å². The molecule has 1 aromatic carbocycles. The molecule has 1 aromatic heterocycles. The van der Waals surface area contributed by atoms with E-state index in [2.05, 4.69) is 4.98 Å². The summed E-state index contributed by atoms with van der Waals surface area (Å²) in [6.07, 6.45) is 1.69. The third kappa shape index (κ3) is 1.64. The number of hydrogen-bond donors (Lipinski definition) is 3. The molecular weight excluding hydrogens is 178 g/mol. The van der Waals surface area contributed by atoms with Crippen LogP contribution < -0.4 is 0 Å². The Morgan fingerprint density at radius 1 is 1.29 bits per heavy atom. The van der Waals surface area contributed by atoms with Gasteiger partial charge in [0, 0.05) is 23.5 Å². The highest BCUT2D eigenvalue weighted by atomic mass is 16.3. The van der Waals surface area contributed by atoms with Gasteiger partial charge in [-0.3, -0.25) is 0 Å². The highest BCUT2D eigenvalue weighted by Gasteiger charge is 2.07. The quantitative estimate of drug-likeness (QED) is 0.679. The fourth-order valence-corrected chi connectivity index (χ4v) is 1.62. The minimum atomic E-state index is -0.672. The van der Waals surface area contributed by atoms with E-state index in [4.69, 9.17) is 5.11 Å². The zero-order valence-electron chi connectivity index (χ0n) is 7.77. The van der Waals surface area contributed by atoms with E-state index in [0.717, 1.165) is 16.5 Å². The van der Waals surface area contributed by atoms with Gasteiger partial charge in [-0.15, -0.1) is 0 Å². The van der Waals surface area contributed by atoms with Crippen molar-refractivity contribution in [1.82, 2.24) is 4.98 Å². The molecule has 0 amide bonds. The van der Waals surface area contributed by atoms with Gasteiger partial charge in [0.1, 0.15) is 0 Å². The highest BCUT2D eigenvalue weighted by Crippen LogP contribution is 2.18. The van der Waals surface area contributed by atoms with Crippen LogP contribution >= 0.6 is 0 Å². The van der Waals surface area contributed by atoms with E-state index in [1.165, 1.54) is 0 Å². The molecule has 3 heteroatoms. The van der Waals surface area contributed by atoms with E-state index in [-0.39, 0.29) is 6.61 Å². The second-order valence-electron chi connectivity index (χ2n) is 3.40. The molecule has 3 nitrogen and oxygen atoms in total. The minimum Gasteiger partial charge on any atom is -0.394 e. The predicted molar refractivity (Wildman–Crippen MR) is 55.1 cm³/mol. The van der Waals surface area contributed by atoms with Gasteiger partial charge < -0.3 is 15.2 Å². The third-order valence-corrected chi connectivity index (χ3v) is 2.34. The van der Waals surface area contributed by atoms with Crippen molar-refractivity contribution in [3.63, 3.8) is 0 Å². The Morgan fingerprint density at radius 3 is 2.86 bits per heavy atom. The molecule has 1 atom stereocenters. The number of hydrogen-bond acceptors (Lipinski definition) is 2. The van der Waals surface area contributed by atoms with Crippen molar-refractivity contribution in [1.29, 1.82) is 0 Å². The van der Waals surface area contributed by atoms with E-state index >= 15 is 0 Å². The first kappa shape index (κ1) is 9.24. The monoisotopic (exact) mass is 191 g/mol. The van der Waals surface area contributed by atoms with Crippen LogP contribution in [0.2, 0.25) is 0 Å². The summed E-state index contributed by atoms with van der Waals surface area (Å²) in [5, 5.41) is 19.2. The lowest BCUT2D eigenvalue weighted by Gasteiger charge is -2.04. The summed E-state index contributed by atoms with van der Waals surface area (Å²) >= 11 is 0. The van der Waals surface area contributed by atoms with Gasteiger partial charge in [-0.1, -0.05) is 18.2 Å². The van der Waals surface area contributed by atoms with Crippen LogP contribution in [0, 0.1) is 0 Å². The van der Waals surface area contributed by atoms with Crippen LogP contribution in [0.3, 0.4) is 0 Å².